The van der Waals surface area contributed by atoms with Crippen LogP contribution in [0.3, 0.4) is 0 Å². The fourth-order valence-corrected chi connectivity index (χ4v) is 4.04. The van der Waals surface area contributed by atoms with Gasteiger partial charge in [0, 0.05) is 13.1 Å². The number of rotatable bonds is 12. The van der Waals surface area contributed by atoms with E-state index < -0.39 is 17.4 Å². The van der Waals surface area contributed by atoms with Crippen LogP contribution in [0.25, 0.3) is 11.2 Å². The molecular weight excluding hydrogens is 448 g/mol. The van der Waals surface area contributed by atoms with Crippen LogP contribution in [0.1, 0.15) is 33.3 Å². The number of benzene rings is 1. The van der Waals surface area contributed by atoms with E-state index in [1.54, 1.807) is 30.1 Å². The van der Waals surface area contributed by atoms with Crippen LogP contribution in [0.5, 0.6) is 11.5 Å². The van der Waals surface area contributed by atoms with Gasteiger partial charge in [-0.05, 0) is 36.0 Å². The summed E-state index contributed by atoms with van der Waals surface area (Å²) in [6.45, 7) is 12.5. The van der Waals surface area contributed by atoms with Crippen molar-refractivity contribution in [1.29, 1.82) is 0 Å². The molecule has 0 aliphatic carbocycles. The molecule has 35 heavy (non-hydrogen) atoms. The Bertz CT molecular complexity index is 1290. The van der Waals surface area contributed by atoms with Gasteiger partial charge in [-0.25, -0.2) is 9.78 Å². The smallest absolute Gasteiger partial charge is 0.332 e. The van der Waals surface area contributed by atoms with E-state index in [1.807, 2.05) is 39.8 Å². The molecule has 0 spiro atoms. The van der Waals surface area contributed by atoms with Crippen LogP contribution < -0.4 is 20.7 Å². The molecule has 0 saturated heterocycles. The zero-order valence-corrected chi connectivity index (χ0v) is 21.2. The molecule has 0 bridgehead atoms. The number of aliphatic hydroxyl groups is 1. The monoisotopic (exact) mass is 484 g/mol. The molecule has 2 heterocycles. The van der Waals surface area contributed by atoms with Crippen LogP contribution in [0.4, 0.5) is 0 Å². The quantitative estimate of drug-likeness (QED) is 0.397. The Balaban J connectivity index is 1.91. The molecule has 190 valence electrons. The zero-order chi connectivity index (χ0) is 25.7. The number of fused-ring (bicyclic) bond motifs is 1. The molecule has 3 rings (SSSR count). The van der Waals surface area contributed by atoms with E-state index >= 15 is 0 Å². The first-order valence-corrected chi connectivity index (χ1v) is 11.9. The van der Waals surface area contributed by atoms with E-state index in [0.29, 0.717) is 42.2 Å². The highest BCUT2D eigenvalue weighted by Crippen LogP contribution is 2.28. The summed E-state index contributed by atoms with van der Waals surface area (Å²) in [5, 5.41) is 10.7. The predicted octanol–water partition coefficient (Wildman–Crippen LogP) is 2.85. The number of hydrogen-bond acceptors (Lipinski definition) is 6. The molecule has 3 aromatic rings. The maximum Gasteiger partial charge on any atom is 0.332 e. The molecule has 9 nitrogen and oxygen atoms in total. The summed E-state index contributed by atoms with van der Waals surface area (Å²) in [6.07, 6.45) is 3.01. The van der Waals surface area contributed by atoms with Crippen LogP contribution >= 0.6 is 0 Å². The third-order valence-corrected chi connectivity index (χ3v) is 5.53. The molecule has 1 atom stereocenters. The number of allylic oxidation sites excluding steroid dienone is 1. The number of nitrogens with zero attached hydrogens (tertiary/aromatic N) is 4. The fraction of sp³-hybridized carbons (Fsp3) is 0.500. The van der Waals surface area contributed by atoms with Crippen LogP contribution in [0, 0.1) is 11.8 Å². The lowest BCUT2D eigenvalue weighted by Crippen LogP contribution is -2.44. The van der Waals surface area contributed by atoms with Crippen molar-refractivity contribution < 1.29 is 14.6 Å². The lowest BCUT2D eigenvalue weighted by Gasteiger charge is -2.18. The first kappa shape index (κ1) is 26.3. The first-order valence-electron chi connectivity index (χ1n) is 11.9. The van der Waals surface area contributed by atoms with E-state index in [-0.39, 0.29) is 25.0 Å². The molecule has 1 N–H and O–H groups in total. The second-order valence-corrected chi connectivity index (χ2v) is 9.61. The van der Waals surface area contributed by atoms with Gasteiger partial charge in [0.2, 0.25) is 0 Å². The van der Waals surface area contributed by atoms with Gasteiger partial charge in [0.25, 0.3) is 5.56 Å². The van der Waals surface area contributed by atoms with Gasteiger partial charge in [0.15, 0.2) is 22.7 Å². The number of imidazole rings is 1. The first-order chi connectivity index (χ1) is 16.7. The number of aliphatic hydroxyl groups excluding tert-OH is 1. The average molecular weight is 485 g/mol. The van der Waals surface area contributed by atoms with Crippen LogP contribution in [-0.2, 0) is 26.1 Å². The van der Waals surface area contributed by atoms with Crippen molar-refractivity contribution in [1.82, 2.24) is 18.7 Å². The Morgan fingerprint density at radius 3 is 2.40 bits per heavy atom. The standard InChI is InChI=1S/C26H36N4O5/c1-7-8-19-9-10-21(22(11-19)34-6)35-15-20(31)14-30-25(32)23-24(27-16-28(23)12-17(2)3)29(26(30)33)13-18(4)5/h7,9-11,16-18,20,31H,1,8,12-15H2,2-6H3/t20-/m0/s1. The summed E-state index contributed by atoms with van der Waals surface area (Å²) in [4.78, 5) is 31.0. The van der Waals surface area contributed by atoms with Gasteiger partial charge in [-0.3, -0.25) is 13.9 Å². The van der Waals surface area contributed by atoms with E-state index in [4.69, 9.17) is 9.47 Å². The van der Waals surface area contributed by atoms with Gasteiger partial charge in [-0.2, -0.15) is 0 Å². The minimum atomic E-state index is -1.09. The molecule has 0 fully saturated rings. The highest BCUT2D eigenvalue weighted by Gasteiger charge is 2.21. The molecule has 0 radical (unpaired) electrons. The average Bonchev–Trinajstić information content (AvgIpc) is 3.21. The topological polar surface area (TPSA) is 101 Å². The molecule has 0 saturated carbocycles. The molecule has 1 aromatic carbocycles. The maximum absolute atomic E-state index is 13.4. The Kier molecular flexibility index (Phi) is 8.56. The van der Waals surface area contributed by atoms with Crippen LogP contribution in [0.2, 0.25) is 0 Å². The number of ether oxygens (including phenoxy) is 2. The highest BCUT2D eigenvalue weighted by molar-refractivity contribution is 5.70. The molecule has 9 heteroatoms. The summed E-state index contributed by atoms with van der Waals surface area (Å²) in [5.41, 5.74) is 0.811. The summed E-state index contributed by atoms with van der Waals surface area (Å²) in [7, 11) is 1.54. The third kappa shape index (κ3) is 6.03. The lowest BCUT2D eigenvalue weighted by atomic mass is 10.1. The molecule has 2 aromatic heterocycles. The van der Waals surface area contributed by atoms with Crippen molar-refractivity contribution in [2.75, 3.05) is 13.7 Å². The summed E-state index contributed by atoms with van der Waals surface area (Å²) in [5.74, 6) is 1.46. The van der Waals surface area contributed by atoms with Crippen molar-refractivity contribution in [3.8, 4) is 11.5 Å². The van der Waals surface area contributed by atoms with Gasteiger partial charge < -0.3 is 19.1 Å². The number of hydrogen-bond donors (Lipinski definition) is 1. The van der Waals surface area contributed by atoms with E-state index in [2.05, 4.69) is 11.6 Å². The predicted molar refractivity (Wildman–Crippen MR) is 136 cm³/mol. The van der Waals surface area contributed by atoms with E-state index in [0.717, 1.165) is 10.1 Å². The molecular formula is C26H36N4O5. The van der Waals surface area contributed by atoms with Gasteiger partial charge in [0.1, 0.15) is 12.7 Å². The summed E-state index contributed by atoms with van der Waals surface area (Å²) < 4.78 is 15.6. The van der Waals surface area contributed by atoms with E-state index in [1.165, 1.54) is 4.57 Å². The van der Waals surface area contributed by atoms with Crippen molar-refractivity contribution in [3.63, 3.8) is 0 Å². The Morgan fingerprint density at radius 2 is 1.77 bits per heavy atom. The SMILES string of the molecule is C=CCc1ccc(OC[C@@H](O)Cn2c(=O)c3c(ncn3CC(C)C)n(CC(C)C)c2=O)c(OC)c1. The molecule has 0 aliphatic rings. The Morgan fingerprint density at radius 1 is 1.06 bits per heavy atom. The summed E-state index contributed by atoms with van der Waals surface area (Å²) >= 11 is 0. The Hall–Kier alpha value is -3.33. The van der Waals surface area contributed by atoms with Crippen LogP contribution in [-0.4, -0.2) is 43.6 Å². The lowest BCUT2D eigenvalue weighted by molar-refractivity contribution is 0.0886. The van der Waals surface area contributed by atoms with Gasteiger partial charge in [0.05, 0.1) is 20.0 Å². The van der Waals surface area contributed by atoms with Crippen molar-refractivity contribution in [3.05, 3.63) is 63.6 Å². The number of methoxy groups -OCH3 is 1. The van der Waals surface area contributed by atoms with Gasteiger partial charge in [-0.15, -0.1) is 6.58 Å². The fourth-order valence-electron chi connectivity index (χ4n) is 4.04. The highest BCUT2D eigenvalue weighted by atomic mass is 16.5. The minimum absolute atomic E-state index is 0.115. The van der Waals surface area contributed by atoms with Crippen molar-refractivity contribution in [2.24, 2.45) is 11.8 Å². The van der Waals surface area contributed by atoms with Crippen LogP contribution in [0.15, 0.2) is 46.8 Å². The van der Waals surface area contributed by atoms with Gasteiger partial charge >= 0.3 is 5.69 Å². The zero-order valence-electron chi connectivity index (χ0n) is 21.2. The molecule has 0 aliphatic heterocycles. The Labute approximate surface area is 205 Å². The largest absolute Gasteiger partial charge is 0.493 e. The maximum atomic E-state index is 13.4. The summed E-state index contributed by atoms with van der Waals surface area (Å²) in [6, 6.07) is 5.51. The third-order valence-electron chi connectivity index (χ3n) is 5.53. The van der Waals surface area contributed by atoms with Crippen molar-refractivity contribution in [2.45, 2.75) is 59.9 Å². The molecule has 0 amide bonds. The van der Waals surface area contributed by atoms with E-state index in [9.17, 15) is 14.7 Å². The normalized spacial score (nSPS) is 12.5. The second-order valence-electron chi connectivity index (χ2n) is 9.61. The molecule has 0 unspecified atom stereocenters. The van der Waals surface area contributed by atoms with Gasteiger partial charge in [-0.1, -0.05) is 39.8 Å². The van der Waals surface area contributed by atoms with Crippen molar-refractivity contribution >= 4 is 11.2 Å². The minimum Gasteiger partial charge on any atom is -0.493 e. The second kappa shape index (κ2) is 11.4. The number of aromatic nitrogens is 4.